The molecule has 1 rings (SSSR count). The Morgan fingerprint density at radius 2 is 1.50 bits per heavy atom. The number of aliphatic hydroxyl groups is 2. The van der Waals surface area contributed by atoms with E-state index in [-0.39, 0.29) is 12.3 Å². The summed E-state index contributed by atoms with van der Waals surface area (Å²) >= 11 is 0. The van der Waals surface area contributed by atoms with Crippen molar-refractivity contribution in [2.75, 3.05) is 13.1 Å². The number of benzene rings is 1. The fraction of sp³-hybridized carbons (Fsp3) is 0.640. The molecular formula is C25H41N3O6. The highest BCUT2D eigenvalue weighted by atomic mass is 16.6. The van der Waals surface area contributed by atoms with Crippen molar-refractivity contribution in [1.29, 1.82) is 0 Å². The summed E-state index contributed by atoms with van der Waals surface area (Å²) in [4.78, 5) is 37.5. The standard InChI is InChI=1S/C25H41N3O6/c1-5-7-14-26-23(31)21(30)20(29)19(16-18-12-10-9-11-13-18)28-24(32)22(17(3)4)34-25(33)27-15-8-6-2/h9-13,17,19-22,29-30H,5-8,14-16H2,1-4H3,(H,26,31)(H,27,33)(H,28,32)/t19-,20+,21-,22-/m0/s1. The van der Waals surface area contributed by atoms with Crippen LogP contribution in [0.3, 0.4) is 0 Å². The Labute approximate surface area is 202 Å². The van der Waals surface area contributed by atoms with E-state index < -0.39 is 42.3 Å². The van der Waals surface area contributed by atoms with Gasteiger partial charge in [-0.3, -0.25) is 9.59 Å². The van der Waals surface area contributed by atoms with Crippen LogP contribution < -0.4 is 16.0 Å². The topological polar surface area (TPSA) is 137 Å². The molecule has 0 fully saturated rings. The second-order valence-corrected chi connectivity index (χ2v) is 8.74. The number of ether oxygens (including phenoxy) is 1. The van der Waals surface area contributed by atoms with Crippen LogP contribution in [0.1, 0.15) is 58.9 Å². The molecule has 0 aromatic heterocycles. The highest BCUT2D eigenvalue weighted by Gasteiger charge is 2.35. The molecule has 0 bridgehead atoms. The summed E-state index contributed by atoms with van der Waals surface area (Å²) in [6.07, 6.45) is -1.64. The molecule has 0 heterocycles. The average Bonchev–Trinajstić information content (AvgIpc) is 2.81. The van der Waals surface area contributed by atoms with Crippen molar-refractivity contribution in [3.8, 4) is 0 Å². The number of amides is 3. The molecule has 9 nitrogen and oxygen atoms in total. The average molecular weight is 480 g/mol. The molecule has 5 N–H and O–H groups in total. The Kier molecular flexibility index (Phi) is 13.9. The first-order valence-corrected chi connectivity index (χ1v) is 12.1. The highest BCUT2D eigenvalue weighted by Crippen LogP contribution is 2.13. The van der Waals surface area contributed by atoms with E-state index in [1.54, 1.807) is 13.8 Å². The van der Waals surface area contributed by atoms with Gasteiger partial charge in [0.1, 0.15) is 6.10 Å². The summed E-state index contributed by atoms with van der Waals surface area (Å²) in [6, 6.07) is 8.11. The van der Waals surface area contributed by atoms with Crippen molar-refractivity contribution in [3.63, 3.8) is 0 Å². The number of hydrogen-bond acceptors (Lipinski definition) is 6. The number of hydrogen-bond donors (Lipinski definition) is 5. The van der Waals surface area contributed by atoms with Crippen LogP contribution in [-0.4, -0.2) is 65.6 Å². The first-order valence-electron chi connectivity index (χ1n) is 12.1. The number of rotatable bonds is 15. The van der Waals surface area contributed by atoms with Crippen molar-refractivity contribution in [2.45, 2.75) is 84.2 Å². The lowest BCUT2D eigenvalue weighted by atomic mass is 9.96. The molecule has 9 heteroatoms. The summed E-state index contributed by atoms with van der Waals surface area (Å²) < 4.78 is 5.34. The lowest BCUT2D eigenvalue weighted by molar-refractivity contribution is -0.140. The highest BCUT2D eigenvalue weighted by molar-refractivity contribution is 5.84. The van der Waals surface area contributed by atoms with E-state index in [0.717, 1.165) is 31.2 Å². The fourth-order valence-electron chi connectivity index (χ4n) is 3.27. The van der Waals surface area contributed by atoms with Crippen molar-refractivity contribution in [1.82, 2.24) is 16.0 Å². The third kappa shape index (κ3) is 10.5. The molecule has 0 saturated heterocycles. The van der Waals surface area contributed by atoms with E-state index >= 15 is 0 Å². The maximum atomic E-state index is 13.0. The third-order valence-corrected chi connectivity index (χ3v) is 5.36. The summed E-state index contributed by atoms with van der Waals surface area (Å²) in [7, 11) is 0. The summed E-state index contributed by atoms with van der Waals surface area (Å²) in [5.74, 6) is -1.66. The Morgan fingerprint density at radius 1 is 0.912 bits per heavy atom. The minimum Gasteiger partial charge on any atom is -0.436 e. The lowest BCUT2D eigenvalue weighted by Gasteiger charge is -2.30. The minimum atomic E-state index is -1.73. The molecule has 0 aliphatic rings. The van der Waals surface area contributed by atoms with Gasteiger partial charge in [-0.1, -0.05) is 70.9 Å². The van der Waals surface area contributed by atoms with Gasteiger partial charge in [-0.15, -0.1) is 0 Å². The third-order valence-electron chi connectivity index (χ3n) is 5.36. The van der Waals surface area contributed by atoms with E-state index in [1.165, 1.54) is 0 Å². The molecule has 0 aliphatic carbocycles. The van der Waals surface area contributed by atoms with Crippen LogP contribution in [0.2, 0.25) is 0 Å². The predicted molar refractivity (Wildman–Crippen MR) is 130 cm³/mol. The zero-order chi connectivity index (χ0) is 25.5. The van der Waals surface area contributed by atoms with Gasteiger partial charge in [0.15, 0.2) is 12.2 Å². The fourth-order valence-corrected chi connectivity index (χ4v) is 3.27. The largest absolute Gasteiger partial charge is 0.436 e. The number of carbonyl (C=O) groups excluding carboxylic acids is 3. The maximum absolute atomic E-state index is 13.0. The molecule has 0 spiro atoms. The molecule has 1 aromatic rings. The number of alkyl carbamates (subject to hydrolysis) is 1. The van der Waals surface area contributed by atoms with E-state index in [0.29, 0.717) is 13.1 Å². The van der Waals surface area contributed by atoms with E-state index in [1.807, 2.05) is 44.2 Å². The molecule has 0 aliphatic heterocycles. The number of aliphatic hydroxyl groups excluding tert-OH is 2. The van der Waals surface area contributed by atoms with Crippen molar-refractivity contribution < 1.29 is 29.3 Å². The molecule has 0 unspecified atom stereocenters. The van der Waals surface area contributed by atoms with Crippen LogP contribution in [0.25, 0.3) is 0 Å². The van der Waals surface area contributed by atoms with Gasteiger partial charge in [0.05, 0.1) is 6.04 Å². The summed E-state index contributed by atoms with van der Waals surface area (Å²) in [6.45, 7) is 8.26. The van der Waals surface area contributed by atoms with Crippen molar-refractivity contribution in [2.24, 2.45) is 5.92 Å². The Morgan fingerprint density at radius 3 is 2.06 bits per heavy atom. The maximum Gasteiger partial charge on any atom is 0.407 e. The smallest absolute Gasteiger partial charge is 0.407 e. The monoisotopic (exact) mass is 479 g/mol. The zero-order valence-corrected chi connectivity index (χ0v) is 20.8. The molecule has 0 radical (unpaired) electrons. The van der Waals surface area contributed by atoms with Crippen molar-refractivity contribution >= 4 is 17.9 Å². The van der Waals surface area contributed by atoms with Crippen LogP contribution in [-0.2, 0) is 20.7 Å². The van der Waals surface area contributed by atoms with E-state index in [9.17, 15) is 24.6 Å². The zero-order valence-electron chi connectivity index (χ0n) is 20.8. The van der Waals surface area contributed by atoms with Crippen LogP contribution in [0.5, 0.6) is 0 Å². The molecule has 3 amide bonds. The summed E-state index contributed by atoms with van der Waals surface area (Å²) in [5.41, 5.74) is 0.796. The SMILES string of the molecule is CCCCNC(=O)O[C@H](C(=O)N[C@@H](Cc1ccccc1)[C@@H](O)[C@H](O)C(=O)NCCCC)C(C)C. The second kappa shape index (κ2) is 16.1. The van der Waals surface area contributed by atoms with Gasteiger partial charge in [-0.2, -0.15) is 0 Å². The van der Waals surface area contributed by atoms with Gasteiger partial charge in [0.2, 0.25) is 0 Å². The van der Waals surface area contributed by atoms with Crippen molar-refractivity contribution in [3.05, 3.63) is 35.9 Å². The first-order chi connectivity index (χ1) is 16.2. The predicted octanol–water partition coefficient (Wildman–Crippen LogP) is 1.90. The van der Waals surface area contributed by atoms with Crippen LogP contribution in [0.15, 0.2) is 30.3 Å². The van der Waals surface area contributed by atoms with E-state index in [4.69, 9.17) is 4.74 Å². The van der Waals surface area contributed by atoms with Crippen LogP contribution in [0.4, 0.5) is 4.79 Å². The minimum absolute atomic E-state index is 0.167. The lowest BCUT2D eigenvalue weighted by Crippen LogP contribution is -2.56. The Balaban J connectivity index is 2.96. The number of carbonyl (C=O) groups is 3. The molecule has 0 saturated carbocycles. The van der Waals surface area contributed by atoms with Gasteiger partial charge in [-0.05, 0) is 30.7 Å². The molecule has 192 valence electrons. The summed E-state index contributed by atoms with van der Waals surface area (Å²) in [5, 5.41) is 29.2. The number of unbranched alkanes of at least 4 members (excludes halogenated alkanes) is 2. The normalized spacial score (nSPS) is 14.6. The van der Waals surface area contributed by atoms with Gasteiger partial charge < -0.3 is 30.9 Å². The second-order valence-electron chi connectivity index (χ2n) is 8.74. The quantitative estimate of drug-likeness (QED) is 0.244. The van der Waals surface area contributed by atoms with Gasteiger partial charge in [-0.25, -0.2) is 4.79 Å². The van der Waals surface area contributed by atoms with Gasteiger partial charge >= 0.3 is 6.09 Å². The van der Waals surface area contributed by atoms with Crippen LogP contribution >= 0.6 is 0 Å². The molecule has 4 atom stereocenters. The van der Waals surface area contributed by atoms with Gasteiger partial charge in [0.25, 0.3) is 11.8 Å². The Bertz CT molecular complexity index is 743. The Hall–Kier alpha value is -2.65. The molecular weight excluding hydrogens is 438 g/mol. The van der Waals surface area contributed by atoms with Gasteiger partial charge in [0, 0.05) is 13.1 Å². The first kappa shape index (κ1) is 29.4. The molecule has 34 heavy (non-hydrogen) atoms. The van der Waals surface area contributed by atoms with E-state index in [2.05, 4.69) is 16.0 Å². The molecule has 1 aromatic carbocycles. The number of nitrogens with one attached hydrogen (secondary N) is 3. The van der Waals surface area contributed by atoms with Crippen LogP contribution in [0, 0.1) is 5.92 Å².